The van der Waals surface area contributed by atoms with Crippen LogP contribution < -0.4 is 5.56 Å². The Morgan fingerprint density at radius 3 is 2.96 bits per heavy atom. The van der Waals surface area contributed by atoms with Crippen LogP contribution in [0.2, 0.25) is 0 Å². The molecule has 128 valence electrons. The topological polar surface area (TPSA) is 102 Å². The number of nitrogens with one attached hydrogen (secondary N) is 1. The zero-order chi connectivity index (χ0) is 17.3. The van der Waals surface area contributed by atoms with Gasteiger partial charge in [0, 0.05) is 43.4 Å². The largest absolute Gasteiger partial charge is 0.506 e. The Morgan fingerprint density at radius 2 is 2.25 bits per heavy atom. The first-order valence-corrected chi connectivity index (χ1v) is 8.91. The number of thioether (sulfide) groups is 1. The third-order valence-electron chi connectivity index (χ3n) is 4.30. The molecule has 0 saturated heterocycles. The number of aliphatic hydroxyl groups excluding tert-OH is 1. The van der Waals surface area contributed by atoms with Crippen molar-refractivity contribution in [2.45, 2.75) is 38.2 Å². The lowest BCUT2D eigenvalue weighted by atomic mass is 10.0. The molecule has 8 heteroatoms. The number of nitrogens with zero attached hydrogens (tertiary/aromatic N) is 3. The third-order valence-corrected chi connectivity index (χ3v) is 4.88. The van der Waals surface area contributed by atoms with E-state index in [1.54, 1.807) is 13.1 Å². The van der Waals surface area contributed by atoms with Crippen LogP contribution in [0.25, 0.3) is 0 Å². The number of aryl methyl sites for hydroxylation is 1. The third kappa shape index (κ3) is 3.17. The molecule has 7 nitrogen and oxygen atoms in total. The van der Waals surface area contributed by atoms with Gasteiger partial charge in [0.15, 0.2) is 5.16 Å². The average Bonchev–Trinajstić information content (AvgIpc) is 2.59. The second-order valence-corrected chi connectivity index (χ2v) is 6.61. The summed E-state index contributed by atoms with van der Waals surface area (Å²) in [5.74, 6) is 0.108. The molecule has 1 aliphatic rings. The summed E-state index contributed by atoms with van der Waals surface area (Å²) >= 11 is 1.42. The first-order valence-electron chi connectivity index (χ1n) is 7.69. The lowest BCUT2D eigenvalue weighted by molar-refractivity contribution is 0.231. The van der Waals surface area contributed by atoms with Crippen LogP contribution in [0.3, 0.4) is 0 Å². The van der Waals surface area contributed by atoms with Crippen molar-refractivity contribution in [2.24, 2.45) is 0 Å². The zero-order valence-electron chi connectivity index (χ0n) is 13.7. The summed E-state index contributed by atoms with van der Waals surface area (Å²) in [6.07, 6.45) is 4.15. The van der Waals surface area contributed by atoms with Gasteiger partial charge in [-0.3, -0.25) is 14.7 Å². The minimum atomic E-state index is -0.181. The van der Waals surface area contributed by atoms with Gasteiger partial charge in [0.2, 0.25) is 0 Å². The van der Waals surface area contributed by atoms with Crippen molar-refractivity contribution >= 4 is 11.8 Å². The van der Waals surface area contributed by atoms with E-state index in [9.17, 15) is 15.0 Å². The van der Waals surface area contributed by atoms with Crippen molar-refractivity contribution < 1.29 is 10.2 Å². The summed E-state index contributed by atoms with van der Waals surface area (Å²) in [7, 11) is 0. The lowest BCUT2D eigenvalue weighted by Gasteiger charge is -2.28. The van der Waals surface area contributed by atoms with Gasteiger partial charge in [-0.15, -0.1) is 0 Å². The number of aliphatic hydroxyl groups is 1. The molecule has 2 aromatic heterocycles. The summed E-state index contributed by atoms with van der Waals surface area (Å²) in [5, 5.41) is 20.4. The second-order valence-electron chi connectivity index (χ2n) is 5.82. The Balaban J connectivity index is 1.87. The second kappa shape index (κ2) is 6.92. The van der Waals surface area contributed by atoms with Crippen LogP contribution in [0.5, 0.6) is 5.75 Å². The molecule has 0 aromatic carbocycles. The number of hydrogen-bond acceptors (Lipinski definition) is 7. The van der Waals surface area contributed by atoms with Crippen LogP contribution in [0.1, 0.15) is 28.1 Å². The molecular formula is C16H20N4O3S. The van der Waals surface area contributed by atoms with Gasteiger partial charge in [0.25, 0.3) is 5.56 Å². The van der Waals surface area contributed by atoms with E-state index in [-0.39, 0.29) is 17.9 Å². The fourth-order valence-corrected chi connectivity index (χ4v) is 3.31. The van der Waals surface area contributed by atoms with E-state index < -0.39 is 0 Å². The average molecular weight is 348 g/mol. The molecule has 3 N–H and O–H groups in total. The molecule has 0 aliphatic carbocycles. The molecule has 0 atom stereocenters. The van der Waals surface area contributed by atoms with Gasteiger partial charge in [-0.1, -0.05) is 11.8 Å². The van der Waals surface area contributed by atoms with E-state index in [1.165, 1.54) is 11.8 Å². The molecule has 3 rings (SSSR count). The minimum absolute atomic E-state index is 0.105. The first-order chi connectivity index (χ1) is 11.5. The standard InChI is InChI=1S/C16H20N4O3S/c1-9-14(22)11(10(8-21)5-17-9)6-20-4-3-13-12(7-20)15(23)19-16(18-13)24-2/h5,21-22H,3-4,6-8H2,1-2H3,(H,18,19,23). The predicted molar refractivity (Wildman–Crippen MR) is 91.0 cm³/mol. The van der Waals surface area contributed by atoms with Gasteiger partial charge in [-0.05, 0) is 13.2 Å². The highest BCUT2D eigenvalue weighted by atomic mass is 32.2. The summed E-state index contributed by atoms with van der Waals surface area (Å²) in [4.78, 5) is 25.7. The Morgan fingerprint density at radius 1 is 1.46 bits per heavy atom. The van der Waals surface area contributed by atoms with Crippen molar-refractivity contribution in [2.75, 3.05) is 12.8 Å². The zero-order valence-corrected chi connectivity index (χ0v) is 14.5. The Labute approximate surface area is 143 Å². The monoisotopic (exact) mass is 348 g/mol. The number of rotatable bonds is 4. The van der Waals surface area contributed by atoms with E-state index in [0.29, 0.717) is 47.1 Å². The van der Waals surface area contributed by atoms with Crippen molar-refractivity contribution in [1.82, 2.24) is 19.9 Å². The number of aromatic nitrogens is 3. The number of H-pyrrole nitrogens is 1. The van der Waals surface area contributed by atoms with Gasteiger partial charge < -0.3 is 15.2 Å². The molecule has 0 radical (unpaired) electrons. The summed E-state index contributed by atoms with van der Waals surface area (Å²) in [6.45, 7) is 3.21. The highest BCUT2D eigenvalue weighted by Crippen LogP contribution is 2.27. The molecule has 2 aromatic rings. The smallest absolute Gasteiger partial charge is 0.256 e. The van der Waals surface area contributed by atoms with Gasteiger partial charge in [0.05, 0.1) is 23.6 Å². The molecule has 0 amide bonds. The van der Waals surface area contributed by atoms with Gasteiger partial charge >= 0.3 is 0 Å². The van der Waals surface area contributed by atoms with E-state index in [2.05, 4.69) is 19.9 Å². The molecule has 1 aliphatic heterocycles. The van der Waals surface area contributed by atoms with Crippen LogP contribution in [0, 0.1) is 6.92 Å². The Hall–Kier alpha value is -1.90. The number of pyridine rings is 1. The van der Waals surface area contributed by atoms with Gasteiger partial charge in [-0.2, -0.15) is 0 Å². The SMILES string of the molecule is CSc1nc2c(c(=O)[nH]1)CN(Cc1c(CO)cnc(C)c1O)CC2. The number of fused-ring (bicyclic) bond motifs is 1. The highest BCUT2D eigenvalue weighted by Gasteiger charge is 2.23. The van der Waals surface area contributed by atoms with Crippen LogP contribution in [0.4, 0.5) is 0 Å². The van der Waals surface area contributed by atoms with E-state index in [1.807, 2.05) is 6.26 Å². The van der Waals surface area contributed by atoms with Crippen LogP contribution in [-0.4, -0.2) is 42.9 Å². The lowest BCUT2D eigenvalue weighted by Crippen LogP contribution is -2.35. The normalized spacial score (nSPS) is 14.6. The Kier molecular flexibility index (Phi) is 4.88. The molecule has 0 bridgehead atoms. The van der Waals surface area contributed by atoms with Crippen molar-refractivity contribution in [3.8, 4) is 5.75 Å². The van der Waals surface area contributed by atoms with Crippen molar-refractivity contribution in [3.05, 3.63) is 44.6 Å². The molecule has 0 unspecified atom stereocenters. The number of aromatic amines is 1. The van der Waals surface area contributed by atoms with Crippen LogP contribution in [0.15, 0.2) is 16.1 Å². The first kappa shape index (κ1) is 16.9. The fourth-order valence-electron chi connectivity index (χ4n) is 2.91. The van der Waals surface area contributed by atoms with Gasteiger partial charge in [-0.25, -0.2) is 4.98 Å². The number of hydrogen-bond donors (Lipinski definition) is 3. The number of aromatic hydroxyl groups is 1. The van der Waals surface area contributed by atoms with Gasteiger partial charge in [0.1, 0.15) is 5.75 Å². The minimum Gasteiger partial charge on any atom is -0.506 e. The maximum absolute atomic E-state index is 12.3. The molecule has 24 heavy (non-hydrogen) atoms. The molecule has 0 spiro atoms. The van der Waals surface area contributed by atoms with E-state index in [4.69, 9.17) is 0 Å². The fraction of sp³-hybridized carbons (Fsp3) is 0.438. The highest BCUT2D eigenvalue weighted by molar-refractivity contribution is 7.98. The summed E-state index contributed by atoms with van der Waals surface area (Å²) < 4.78 is 0. The molecule has 3 heterocycles. The quantitative estimate of drug-likeness (QED) is 0.558. The maximum atomic E-state index is 12.3. The molecule has 0 saturated carbocycles. The maximum Gasteiger partial charge on any atom is 0.256 e. The van der Waals surface area contributed by atoms with Crippen molar-refractivity contribution in [3.63, 3.8) is 0 Å². The van der Waals surface area contributed by atoms with Crippen LogP contribution >= 0.6 is 11.8 Å². The van der Waals surface area contributed by atoms with Crippen LogP contribution in [-0.2, 0) is 26.1 Å². The van der Waals surface area contributed by atoms with E-state index in [0.717, 1.165) is 12.2 Å². The predicted octanol–water partition coefficient (Wildman–Crippen LogP) is 0.951. The molecule has 0 fully saturated rings. The van der Waals surface area contributed by atoms with Crippen molar-refractivity contribution in [1.29, 1.82) is 0 Å². The van der Waals surface area contributed by atoms with E-state index >= 15 is 0 Å². The molecular weight excluding hydrogens is 328 g/mol. The Bertz CT molecular complexity index is 822. The summed E-state index contributed by atoms with van der Waals surface area (Å²) in [6, 6.07) is 0. The summed E-state index contributed by atoms with van der Waals surface area (Å²) in [5.41, 5.74) is 3.22.